The van der Waals surface area contributed by atoms with Crippen LogP contribution in [0.4, 0.5) is 4.79 Å². The first-order valence-corrected chi connectivity index (χ1v) is 8.43. The summed E-state index contributed by atoms with van der Waals surface area (Å²) in [7, 11) is 0. The fourth-order valence-electron chi connectivity index (χ4n) is 2.99. The molecular weight excluding hydrogens is 300 g/mol. The molecule has 0 aliphatic heterocycles. The molecule has 3 N–H and O–H groups in total. The molecule has 1 aliphatic carbocycles. The lowest BCUT2D eigenvalue weighted by molar-refractivity contribution is 0.174. The van der Waals surface area contributed by atoms with Gasteiger partial charge in [0.1, 0.15) is 0 Å². The van der Waals surface area contributed by atoms with Crippen molar-refractivity contribution in [3.8, 4) is 0 Å². The molecule has 0 bridgehead atoms. The van der Waals surface area contributed by atoms with Gasteiger partial charge in [0, 0.05) is 17.7 Å². The van der Waals surface area contributed by atoms with Gasteiger partial charge in [-0.05, 0) is 55.7 Å². The first-order chi connectivity index (χ1) is 10.6. The molecule has 4 nitrogen and oxygen atoms in total. The third-order valence-electron chi connectivity index (χ3n) is 4.43. The van der Waals surface area contributed by atoms with E-state index >= 15 is 0 Å². The molecule has 1 unspecified atom stereocenters. The van der Waals surface area contributed by atoms with Crippen molar-refractivity contribution in [2.75, 3.05) is 6.61 Å². The number of hydrogen-bond donors (Lipinski definition) is 3. The predicted molar refractivity (Wildman–Crippen MR) is 89.0 cm³/mol. The zero-order chi connectivity index (χ0) is 15.9. The number of amides is 2. The summed E-state index contributed by atoms with van der Waals surface area (Å²) in [6.07, 6.45) is 4.67. The number of carbonyl (C=O) groups is 1. The number of halogens is 1. The Bertz CT molecular complexity index is 470. The minimum Gasteiger partial charge on any atom is -0.396 e. The second-order valence-corrected chi connectivity index (χ2v) is 6.47. The maximum absolute atomic E-state index is 12.2. The average Bonchev–Trinajstić information content (AvgIpc) is 2.54. The van der Waals surface area contributed by atoms with Gasteiger partial charge in [-0.1, -0.05) is 30.7 Å². The molecule has 1 aliphatic rings. The van der Waals surface area contributed by atoms with Crippen LogP contribution in [0.5, 0.6) is 0 Å². The highest BCUT2D eigenvalue weighted by Crippen LogP contribution is 2.24. The molecule has 1 fully saturated rings. The van der Waals surface area contributed by atoms with Gasteiger partial charge in [-0.15, -0.1) is 0 Å². The van der Waals surface area contributed by atoms with Crippen LogP contribution in [-0.2, 0) is 0 Å². The molecule has 1 atom stereocenters. The van der Waals surface area contributed by atoms with E-state index in [0.717, 1.165) is 37.7 Å². The maximum Gasteiger partial charge on any atom is 0.315 e. The summed E-state index contributed by atoms with van der Waals surface area (Å²) < 4.78 is 0. The van der Waals surface area contributed by atoms with Gasteiger partial charge in [-0.2, -0.15) is 0 Å². The van der Waals surface area contributed by atoms with E-state index in [4.69, 9.17) is 16.7 Å². The Morgan fingerprint density at radius 2 is 1.91 bits per heavy atom. The van der Waals surface area contributed by atoms with Gasteiger partial charge in [-0.3, -0.25) is 0 Å². The lowest BCUT2D eigenvalue weighted by Gasteiger charge is -2.28. The van der Waals surface area contributed by atoms with E-state index in [0.29, 0.717) is 10.9 Å². The summed E-state index contributed by atoms with van der Waals surface area (Å²) in [6, 6.07) is 7.67. The number of hydrogen-bond acceptors (Lipinski definition) is 2. The average molecular weight is 325 g/mol. The molecule has 2 rings (SSSR count). The van der Waals surface area contributed by atoms with E-state index in [1.165, 1.54) is 0 Å². The Kier molecular flexibility index (Phi) is 6.52. The number of benzene rings is 1. The second-order valence-electron chi connectivity index (χ2n) is 6.03. The summed E-state index contributed by atoms with van der Waals surface area (Å²) >= 11 is 5.90. The van der Waals surface area contributed by atoms with Crippen LogP contribution >= 0.6 is 11.6 Å². The molecule has 122 valence electrons. The lowest BCUT2D eigenvalue weighted by Crippen LogP contribution is -2.44. The third kappa shape index (κ3) is 4.89. The van der Waals surface area contributed by atoms with Gasteiger partial charge in [-0.25, -0.2) is 4.79 Å². The normalized spacial score (nSPS) is 22.9. The molecule has 0 radical (unpaired) electrons. The van der Waals surface area contributed by atoms with Gasteiger partial charge in [0.2, 0.25) is 0 Å². The minimum absolute atomic E-state index is 0.00829. The number of aliphatic hydroxyl groups is 1. The highest BCUT2D eigenvalue weighted by atomic mass is 35.5. The number of urea groups is 1. The zero-order valence-corrected chi connectivity index (χ0v) is 13.8. The molecule has 1 aromatic carbocycles. The number of carbonyl (C=O) groups excluding carboxylic acids is 1. The molecule has 2 amide bonds. The summed E-state index contributed by atoms with van der Waals surface area (Å²) in [6.45, 7) is 2.30. The van der Waals surface area contributed by atoms with E-state index in [9.17, 15) is 4.79 Å². The van der Waals surface area contributed by atoms with E-state index < -0.39 is 0 Å². The van der Waals surface area contributed by atoms with Crippen LogP contribution in [0.3, 0.4) is 0 Å². The SMILES string of the molecule is CCC(NC(=O)NC1CCC(CO)CC1)c1ccc(Cl)cc1. The van der Waals surface area contributed by atoms with E-state index in [1.807, 2.05) is 31.2 Å². The van der Waals surface area contributed by atoms with Crippen LogP contribution in [0, 0.1) is 5.92 Å². The fourth-order valence-corrected chi connectivity index (χ4v) is 3.12. The van der Waals surface area contributed by atoms with Crippen LogP contribution in [0.1, 0.15) is 50.6 Å². The van der Waals surface area contributed by atoms with Gasteiger partial charge in [0.05, 0.1) is 6.04 Å². The van der Waals surface area contributed by atoms with Crippen molar-refractivity contribution >= 4 is 17.6 Å². The van der Waals surface area contributed by atoms with Crippen LogP contribution < -0.4 is 10.6 Å². The largest absolute Gasteiger partial charge is 0.396 e. The molecule has 5 heteroatoms. The lowest BCUT2D eigenvalue weighted by atomic mass is 9.87. The summed E-state index contributed by atoms with van der Waals surface area (Å²) in [5.41, 5.74) is 1.06. The van der Waals surface area contributed by atoms with E-state index in [-0.39, 0.29) is 24.7 Å². The van der Waals surface area contributed by atoms with Gasteiger partial charge in [0.25, 0.3) is 0 Å². The Morgan fingerprint density at radius 1 is 1.27 bits per heavy atom. The van der Waals surface area contributed by atoms with Crippen molar-refractivity contribution in [3.05, 3.63) is 34.9 Å². The van der Waals surface area contributed by atoms with Crippen molar-refractivity contribution in [2.45, 2.75) is 51.1 Å². The standard InChI is InChI=1S/C17H25ClN2O2/c1-2-16(13-5-7-14(18)8-6-13)20-17(22)19-15-9-3-12(11-21)4-10-15/h5-8,12,15-16,21H,2-4,9-11H2,1H3,(H2,19,20,22). The Labute approximate surface area is 137 Å². The topological polar surface area (TPSA) is 61.4 Å². The maximum atomic E-state index is 12.2. The van der Waals surface area contributed by atoms with Crippen molar-refractivity contribution in [1.82, 2.24) is 10.6 Å². The molecule has 0 spiro atoms. The molecular formula is C17H25ClN2O2. The summed E-state index contributed by atoms with van der Waals surface area (Å²) in [4.78, 5) is 12.2. The number of aliphatic hydroxyl groups excluding tert-OH is 1. The van der Waals surface area contributed by atoms with Crippen molar-refractivity contribution in [3.63, 3.8) is 0 Å². The van der Waals surface area contributed by atoms with Gasteiger partial charge >= 0.3 is 6.03 Å². The minimum atomic E-state index is -0.116. The van der Waals surface area contributed by atoms with Crippen molar-refractivity contribution in [2.24, 2.45) is 5.92 Å². The van der Waals surface area contributed by atoms with Gasteiger partial charge < -0.3 is 15.7 Å². The highest BCUT2D eigenvalue weighted by molar-refractivity contribution is 6.30. The zero-order valence-electron chi connectivity index (χ0n) is 13.0. The smallest absolute Gasteiger partial charge is 0.315 e. The summed E-state index contributed by atoms with van der Waals surface area (Å²) in [5, 5.41) is 15.9. The van der Waals surface area contributed by atoms with E-state index in [2.05, 4.69) is 10.6 Å². The van der Waals surface area contributed by atoms with Crippen molar-refractivity contribution < 1.29 is 9.90 Å². The van der Waals surface area contributed by atoms with Crippen LogP contribution in [-0.4, -0.2) is 23.8 Å². The molecule has 0 aromatic heterocycles. The molecule has 0 heterocycles. The monoisotopic (exact) mass is 324 g/mol. The number of nitrogens with one attached hydrogen (secondary N) is 2. The molecule has 22 heavy (non-hydrogen) atoms. The Morgan fingerprint density at radius 3 is 2.45 bits per heavy atom. The third-order valence-corrected chi connectivity index (χ3v) is 4.68. The quantitative estimate of drug-likeness (QED) is 0.774. The van der Waals surface area contributed by atoms with Crippen molar-refractivity contribution in [1.29, 1.82) is 0 Å². The predicted octanol–water partition coefficient (Wildman–Crippen LogP) is 3.64. The highest BCUT2D eigenvalue weighted by Gasteiger charge is 2.22. The van der Waals surface area contributed by atoms with Crippen LogP contribution in [0.25, 0.3) is 0 Å². The second kappa shape index (κ2) is 8.39. The molecule has 0 saturated heterocycles. The van der Waals surface area contributed by atoms with Crippen LogP contribution in [0.2, 0.25) is 5.02 Å². The fraction of sp³-hybridized carbons (Fsp3) is 0.588. The first kappa shape index (κ1) is 17.1. The number of rotatable bonds is 5. The van der Waals surface area contributed by atoms with E-state index in [1.54, 1.807) is 0 Å². The van der Waals surface area contributed by atoms with Crippen LogP contribution in [0.15, 0.2) is 24.3 Å². The first-order valence-electron chi connectivity index (χ1n) is 8.05. The van der Waals surface area contributed by atoms with Gasteiger partial charge in [0.15, 0.2) is 0 Å². The summed E-state index contributed by atoms with van der Waals surface area (Å²) in [5.74, 6) is 0.401. The molecule has 1 aromatic rings. The molecule has 1 saturated carbocycles. The Hall–Kier alpha value is -1.26. The Balaban J connectivity index is 1.83.